The van der Waals surface area contributed by atoms with E-state index in [1.165, 1.54) is 0 Å². The lowest BCUT2D eigenvalue weighted by atomic mass is 9.97. The quantitative estimate of drug-likeness (QED) is 0.214. The Hall–Kier alpha value is -4.92. The van der Waals surface area contributed by atoms with E-state index < -0.39 is 5.54 Å². The SMILES string of the molecule is CO[C@H]1CCCN1C(C)(C)C=C(C#N)C(=O)N1CCC[C@@H](n2c(=O)n(-c3ccc(Oc4ccccc4)cc3)c3c(N)nccc32)C1. The first-order valence-electron chi connectivity index (χ1n) is 15.6. The number of pyridine rings is 1. The highest BCUT2D eigenvalue weighted by molar-refractivity contribution is 5.97. The van der Waals surface area contributed by atoms with E-state index in [1.807, 2.05) is 56.3 Å². The number of methoxy groups -OCH3 is 1. The third-order valence-electron chi connectivity index (χ3n) is 8.99. The van der Waals surface area contributed by atoms with Gasteiger partial charge in [0, 0.05) is 38.5 Å². The number of rotatable bonds is 8. The lowest BCUT2D eigenvalue weighted by Gasteiger charge is -2.37. The number of para-hydroxylation sites is 1. The summed E-state index contributed by atoms with van der Waals surface area (Å²) in [5.74, 6) is 1.24. The van der Waals surface area contributed by atoms with Crippen LogP contribution in [0.2, 0.25) is 0 Å². The fourth-order valence-electron chi connectivity index (χ4n) is 6.81. The maximum absolute atomic E-state index is 14.2. The third kappa shape index (κ3) is 5.89. The number of amides is 1. The van der Waals surface area contributed by atoms with E-state index in [4.69, 9.17) is 15.2 Å². The van der Waals surface area contributed by atoms with Crippen molar-refractivity contribution in [3.05, 3.63) is 89.0 Å². The number of carbonyl (C=O) groups is 1. The van der Waals surface area contributed by atoms with Gasteiger partial charge in [0.05, 0.1) is 17.2 Å². The molecule has 4 heterocycles. The first kappa shape index (κ1) is 31.1. The molecule has 2 aromatic heterocycles. The minimum absolute atomic E-state index is 0.0561. The number of imidazole rings is 1. The van der Waals surface area contributed by atoms with E-state index in [2.05, 4.69) is 16.0 Å². The highest BCUT2D eigenvalue weighted by atomic mass is 16.5. The van der Waals surface area contributed by atoms with Crippen molar-refractivity contribution in [2.45, 2.75) is 57.3 Å². The van der Waals surface area contributed by atoms with Crippen LogP contribution in [-0.4, -0.2) is 68.3 Å². The van der Waals surface area contributed by atoms with Gasteiger partial charge < -0.3 is 20.1 Å². The maximum Gasteiger partial charge on any atom is 0.334 e. The van der Waals surface area contributed by atoms with Gasteiger partial charge in [-0.2, -0.15) is 5.26 Å². The van der Waals surface area contributed by atoms with Crippen LogP contribution in [0.1, 0.15) is 45.6 Å². The third-order valence-corrected chi connectivity index (χ3v) is 8.99. The molecule has 1 amide bonds. The molecule has 2 atom stereocenters. The number of ether oxygens (including phenoxy) is 2. The number of nitrogen functional groups attached to an aromatic ring is 1. The van der Waals surface area contributed by atoms with Crippen LogP contribution in [0.25, 0.3) is 16.7 Å². The van der Waals surface area contributed by atoms with Gasteiger partial charge in [-0.1, -0.05) is 18.2 Å². The van der Waals surface area contributed by atoms with Gasteiger partial charge >= 0.3 is 5.69 Å². The monoisotopic (exact) mass is 621 g/mol. The van der Waals surface area contributed by atoms with Crippen LogP contribution >= 0.6 is 0 Å². The smallest absolute Gasteiger partial charge is 0.334 e. The van der Waals surface area contributed by atoms with Gasteiger partial charge in [-0.15, -0.1) is 0 Å². The second-order valence-corrected chi connectivity index (χ2v) is 12.4. The molecule has 4 aromatic rings. The molecule has 2 aromatic carbocycles. The molecule has 2 aliphatic rings. The first-order valence-corrected chi connectivity index (χ1v) is 15.6. The Morgan fingerprint density at radius 1 is 1.04 bits per heavy atom. The Balaban J connectivity index is 1.30. The van der Waals surface area contributed by atoms with Crippen LogP contribution in [0.15, 0.2) is 83.3 Å². The second-order valence-electron chi connectivity index (χ2n) is 12.4. The van der Waals surface area contributed by atoms with Crippen molar-refractivity contribution in [3.63, 3.8) is 0 Å². The Bertz CT molecular complexity index is 1850. The van der Waals surface area contributed by atoms with Crippen LogP contribution in [0, 0.1) is 11.3 Å². The number of fused-ring (bicyclic) bond motifs is 1. The van der Waals surface area contributed by atoms with Crippen LogP contribution in [-0.2, 0) is 9.53 Å². The highest BCUT2D eigenvalue weighted by Crippen LogP contribution is 2.32. The molecule has 2 fully saturated rings. The molecule has 0 spiro atoms. The molecule has 11 nitrogen and oxygen atoms in total. The summed E-state index contributed by atoms with van der Waals surface area (Å²) < 4.78 is 14.9. The number of nitrogens with two attached hydrogens (primary N) is 1. The molecular formula is C35H39N7O4. The summed E-state index contributed by atoms with van der Waals surface area (Å²) in [6.45, 7) is 5.61. The minimum Gasteiger partial charge on any atom is -0.457 e. The number of aromatic nitrogens is 3. The Labute approximate surface area is 268 Å². The zero-order valence-corrected chi connectivity index (χ0v) is 26.4. The Morgan fingerprint density at radius 2 is 1.76 bits per heavy atom. The predicted molar refractivity (Wildman–Crippen MR) is 176 cm³/mol. The number of benzene rings is 2. The number of piperidine rings is 1. The van der Waals surface area contributed by atoms with Crippen molar-refractivity contribution in [3.8, 4) is 23.3 Å². The summed E-state index contributed by atoms with van der Waals surface area (Å²) in [5, 5.41) is 10.1. The molecule has 11 heteroatoms. The van der Waals surface area contributed by atoms with E-state index >= 15 is 0 Å². The fraction of sp³-hybridized carbons (Fsp3) is 0.371. The summed E-state index contributed by atoms with van der Waals surface area (Å²) in [4.78, 5) is 36.1. The summed E-state index contributed by atoms with van der Waals surface area (Å²) in [6, 6.07) is 20.3. The van der Waals surface area contributed by atoms with Crippen molar-refractivity contribution in [1.82, 2.24) is 23.9 Å². The van der Waals surface area contributed by atoms with Crippen LogP contribution in [0.5, 0.6) is 11.5 Å². The molecule has 2 N–H and O–H groups in total. The summed E-state index contributed by atoms with van der Waals surface area (Å²) >= 11 is 0. The normalized spacial score (nSPS) is 19.3. The van der Waals surface area contributed by atoms with Gasteiger partial charge in [-0.3, -0.25) is 18.8 Å². The molecule has 46 heavy (non-hydrogen) atoms. The number of hydrogen-bond acceptors (Lipinski definition) is 8. The van der Waals surface area contributed by atoms with Crippen molar-refractivity contribution in [1.29, 1.82) is 5.26 Å². The lowest BCUT2D eigenvalue weighted by Crippen LogP contribution is -2.47. The van der Waals surface area contributed by atoms with E-state index in [0.29, 0.717) is 47.6 Å². The van der Waals surface area contributed by atoms with E-state index in [1.54, 1.807) is 51.6 Å². The van der Waals surface area contributed by atoms with Gasteiger partial charge in [-0.05, 0) is 88.1 Å². The number of likely N-dealkylation sites (tertiary alicyclic amines) is 2. The number of hydrogen-bond donors (Lipinski definition) is 1. The average Bonchev–Trinajstić information content (AvgIpc) is 3.68. The number of nitrogens with zero attached hydrogens (tertiary/aromatic N) is 6. The van der Waals surface area contributed by atoms with Gasteiger partial charge in [0.2, 0.25) is 0 Å². The molecule has 0 radical (unpaired) electrons. The molecular weight excluding hydrogens is 582 g/mol. The van der Waals surface area contributed by atoms with Gasteiger partial charge in [-0.25, -0.2) is 9.78 Å². The fourth-order valence-corrected chi connectivity index (χ4v) is 6.81. The van der Waals surface area contributed by atoms with E-state index in [0.717, 1.165) is 19.4 Å². The van der Waals surface area contributed by atoms with Crippen molar-refractivity contribution < 1.29 is 14.3 Å². The Kier molecular flexibility index (Phi) is 8.67. The maximum atomic E-state index is 14.2. The lowest BCUT2D eigenvalue weighted by molar-refractivity contribution is -0.128. The second kappa shape index (κ2) is 12.8. The summed E-state index contributed by atoms with van der Waals surface area (Å²) in [6.07, 6.45) is 6.56. The van der Waals surface area contributed by atoms with Crippen molar-refractivity contribution >= 4 is 22.8 Å². The number of carbonyl (C=O) groups excluding carboxylic acids is 1. The standard InChI is InChI=1S/C35H39N7O4/c1-35(2,40-20-8-12-30(40)45-3)21-24(22-36)33(43)39-19-7-9-26(23-39)41-29-17-18-38-32(37)31(29)42(34(41)44)25-13-15-28(16-14-25)46-27-10-5-4-6-11-27/h4-6,10-11,13-18,21,26,30H,7-9,12,19-20,23H2,1-3H3,(H2,37,38)/t26-,30+/m1/s1. The predicted octanol–water partition coefficient (Wildman–Crippen LogP) is 5.02. The molecule has 2 saturated heterocycles. The Morgan fingerprint density at radius 3 is 2.48 bits per heavy atom. The van der Waals surface area contributed by atoms with Crippen LogP contribution in [0.4, 0.5) is 5.82 Å². The zero-order chi connectivity index (χ0) is 32.4. The summed E-state index contributed by atoms with van der Waals surface area (Å²) in [5.41, 5.74) is 7.39. The van der Waals surface area contributed by atoms with Crippen LogP contribution < -0.4 is 16.2 Å². The van der Waals surface area contributed by atoms with Gasteiger partial charge in [0.15, 0.2) is 0 Å². The highest BCUT2D eigenvalue weighted by Gasteiger charge is 2.37. The van der Waals surface area contributed by atoms with Gasteiger partial charge in [0.25, 0.3) is 5.91 Å². The largest absolute Gasteiger partial charge is 0.457 e. The van der Waals surface area contributed by atoms with Crippen molar-refractivity contribution in [2.24, 2.45) is 0 Å². The number of nitriles is 1. The molecule has 0 saturated carbocycles. The summed E-state index contributed by atoms with van der Waals surface area (Å²) in [7, 11) is 1.69. The topological polar surface area (TPSA) is 132 Å². The molecule has 0 bridgehead atoms. The molecule has 0 aliphatic carbocycles. The van der Waals surface area contributed by atoms with Crippen molar-refractivity contribution in [2.75, 3.05) is 32.5 Å². The van der Waals surface area contributed by atoms with Crippen LogP contribution in [0.3, 0.4) is 0 Å². The minimum atomic E-state index is -0.552. The average molecular weight is 622 g/mol. The van der Waals surface area contributed by atoms with E-state index in [-0.39, 0.29) is 41.8 Å². The molecule has 6 rings (SSSR count). The van der Waals surface area contributed by atoms with E-state index in [9.17, 15) is 14.9 Å². The molecule has 238 valence electrons. The first-order chi connectivity index (χ1) is 22.2. The number of anilines is 1. The molecule has 0 unspecified atom stereocenters. The zero-order valence-electron chi connectivity index (χ0n) is 26.4. The van der Waals surface area contributed by atoms with Gasteiger partial charge in [0.1, 0.15) is 40.7 Å². The molecule has 2 aliphatic heterocycles.